The van der Waals surface area contributed by atoms with Gasteiger partial charge in [-0.05, 0) is 5.92 Å². The molecule has 0 spiro atoms. The zero-order valence-electron chi connectivity index (χ0n) is 12.6. The van der Waals surface area contributed by atoms with Crippen LogP contribution < -0.4 is 5.32 Å². The molecule has 1 aromatic rings. The molecule has 1 N–H and O–H groups in total. The molecule has 0 bridgehead atoms. The summed E-state index contributed by atoms with van der Waals surface area (Å²) in [5.41, 5.74) is 0.758. The maximum Gasteiger partial charge on any atom is 0.325 e. The summed E-state index contributed by atoms with van der Waals surface area (Å²) < 4.78 is 0. The third-order valence-corrected chi connectivity index (χ3v) is 4.55. The van der Waals surface area contributed by atoms with Crippen LogP contribution in [0.25, 0.3) is 0 Å². The molecule has 0 unspecified atom stereocenters. The van der Waals surface area contributed by atoms with Gasteiger partial charge in [-0.25, -0.2) is 9.78 Å². The standard InChI is InChI=1S/C14H21N3O2S/c1-8(2)10-11(18)17(13(19)16-10)6-9-7-20-12(15-9)14(3,4)5/h7-8,10H,6H2,1-5H3,(H,16,19)/t10-/m0/s1. The van der Waals surface area contributed by atoms with Gasteiger partial charge in [0.1, 0.15) is 6.04 Å². The maximum absolute atomic E-state index is 12.2. The predicted molar refractivity (Wildman–Crippen MR) is 78.5 cm³/mol. The van der Waals surface area contributed by atoms with E-state index in [1.54, 1.807) is 11.3 Å². The summed E-state index contributed by atoms with van der Waals surface area (Å²) in [7, 11) is 0. The van der Waals surface area contributed by atoms with Crippen LogP contribution in [0.5, 0.6) is 0 Å². The summed E-state index contributed by atoms with van der Waals surface area (Å²) in [5, 5.41) is 5.66. The monoisotopic (exact) mass is 295 g/mol. The Labute approximate surface area is 123 Å². The van der Waals surface area contributed by atoms with Gasteiger partial charge in [0.25, 0.3) is 5.91 Å². The van der Waals surface area contributed by atoms with Gasteiger partial charge in [-0.1, -0.05) is 34.6 Å². The van der Waals surface area contributed by atoms with Crippen molar-refractivity contribution in [3.05, 3.63) is 16.1 Å². The molecule has 6 heteroatoms. The Morgan fingerprint density at radius 3 is 2.50 bits per heavy atom. The van der Waals surface area contributed by atoms with Crippen LogP contribution in [0.15, 0.2) is 5.38 Å². The number of hydrogen-bond acceptors (Lipinski definition) is 4. The molecule has 0 saturated carbocycles. The molecule has 3 amide bonds. The summed E-state index contributed by atoms with van der Waals surface area (Å²) in [6.07, 6.45) is 0. The van der Waals surface area contributed by atoms with Crippen molar-refractivity contribution in [2.24, 2.45) is 5.92 Å². The second-order valence-corrected chi connectivity index (χ2v) is 7.35. The Morgan fingerprint density at radius 2 is 2.05 bits per heavy atom. The number of carbonyl (C=O) groups excluding carboxylic acids is 2. The van der Waals surface area contributed by atoms with Crippen LogP contribution in [-0.4, -0.2) is 27.9 Å². The van der Waals surface area contributed by atoms with Gasteiger partial charge < -0.3 is 5.32 Å². The fourth-order valence-corrected chi connectivity index (χ4v) is 2.93. The molecule has 2 heterocycles. The van der Waals surface area contributed by atoms with E-state index in [0.717, 1.165) is 10.7 Å². The Kier molecular flexibility index (Phi) is 3.86. The summed E-state index contributed by atoms with van der Waals surface area (Å²) >= 11 is 1.57. The second-order valence-electron chi connectivity index (χ2n) is 6.49. The number of amides is 3. The smallest absolute Gasteiger partial charge is 0.325 e. The van der Waals surface area contributed by atoms with Crippen LogP contribution in [0.3, 0.4) is 0 Å². The van der Waals surface area contributed by atoms with Crippen molar-refractivity contribution in [2.75, 3.05) is 0 Å². The molecule has 0 aliphatic carbocycles. The van der Waals surface area contributed by atoms with Gasteiger partial charge in [0, 0.05) is 10.8 Å². The second kappa shape index (κ2) is 5.16. The zero-order valence-corrected chi connectivity index (χ0v) is 13.4. The lowest BCUT2D eigenvalue weighted by Gasteiger charge is -2.15. The average molecular weight is 295 g/mol. The van der Waals surface area contributed by atoms with Gasteiger partial charge in [-0.15, -0.1) is 11.3 Å². The van der Waals surface area contributed by atoms with E-state index in [2.05, 4.69) is 31.1 Å². The lowest BCUT2D eigenvalue weighted by atomic mass is 9.98. The highest BCUT2D eigenvalue weighted by Gasteiger charge is 2.39. The van der Waals surface area contributed by atoms with E-state index in [1.807, 2.05) is 19.2 Å². The van der Waals surface area contributed by atoms with E-state index < -0.39 is 6.04 Å². The van der Waals surface area contributed by atoms with E-state index in [0.29, 0.717) is 0 Å². The maximum atomic E-state index is 12.2. The van der Waals surface area contributed by atoms with Crippen LogP contribution in [0.2, 0.25) is 0 Å². The average Bonchev–Trinajstić information content (AvgIpc) is 2.88. The van der Waals surface area contributed by atoms with Crippen LogP contribution in [0.1, 0.15) is 45.3 Å². The molecule has 5 nitrogen and oxygen atoms in total. The zero-order chi connectivity index (χ0) is 15.1. The minimum absolute atomic E-state index is 0.0132. The quantitative estimate of drug-likeness (QED) is 0.872. The number of carbonyl (C=O) groups is 2. The van der Waals surface area contributed by atoms with E-state index in [9.17, 15) is 9.59 Å². The predicted octanol–water partition coefficient (Wildman–Crippen LogP) is 2.52. The number of rotatable bonds is 3. The molecule has 1 aromatic heterocycles. The number of imide groups is 1. The van der Waals surface area contributed by atoms with Crippen LogP contribution in [0, 0.1) is 5.92 Å². The Bertz CT molecular complexity index is 531. The van der Waals surface area contributed by atoms with Crippen molar-refractivity contribution >= 4 is 23.3 Å². The molecule has 1 aliphatic heterocycles. The first kappa shape index (κ1) is 15.0. The fourth-order valence-electron chi connectivity index (χ4n) is 2.03. The molecule has 1 aliphatic rings. The Morgan fingerprint density at radius 1 is 1.40 bits per heavy atom. The van der Waals surface area contributed by atoms with Crippen molar-refractivity contribution in [1.82, 2.24) is 15.2 Å². The van der Waals surface area contributed by atoms with Crippen LogP contribution >= 0.6 is 11.3 Å². The van der Waals surface area contributed by atoms with Crippen molar-refractivity contribution in [3.8, 4) is 0 Å². The molecule has 1 fully saturated rings. The molecule has 1 atom stereocenters. The SMILES string of the molecule is CC(C)[C@@H]1NC(=O)N(Cc2csc(C(C)(C)C)n2)C1=O. The molecule has 20 heavy (non-hydrogen) atoms. The molecule has 1 saturated heterocycles. The number of hydrogen-bond donors (Lipinski definition) is 1. The fraction of sp³-hybridized carbons (Fsp3) is 0.643. The largest absolute Gasteiger partial charge is 0.326 e. The van der Waals surface area contributed by atoms with Crippen LogP contribution in [-0.2, 0) is 16.8 Å². The minimum atomic E-state index is -0.414. The van der Waals surface area contributed by atoms with Gasteiger partial charge in [-0.2, -0.15) is 0 Å². The van der Waals surface area contributed by atoms with E-state index >= 15 is 0 Å². The minimum Gasteiger partial charge on any atom is -0.326 e. The Hall–Kier alpha value is -1.43. The van der Waals surface area contributed by atoms with Gasteiger partial charge >= 0.3 is 6.03 Å². The first-order valence-electron chi connectivity index (χ1n) is 6.77. The highest BCUT2D eigenvalue weighted by Crippen LogP contribution is 2.26. The third-order valence-electron chi connectivity index (χ3n) is 3.24. The number of thiazole rings is 1. The van der Waals surface area contributed by atoms with Crippen LogP contribution in [0.4, 0.5) is 4.79 Å². The highest BCUT2D eigenvalue weighted by molar-refractivity contribution is 7.09. The molecular weight excluding hydrogens is 274 g/mol. The molecular formula is C14H21N3O2S. The molecule has 0 radical (unpaired) electrons. The van der Waals surface area contributed by atoms with E-state index in [-0.39, 0.29) is 29.8 Å². The summed E-state index contributed by atoms with van der Waals surface area (Å²) in [6, 6.07) is -0.734. The highest BCUT2D eigenvalue weighted by atomic mass is 32.1. The van der Waals surface area contributed by atoms with Crippen molar-refractivity contribution in [3.63, 3.8) is 0 Å². The topological polar surface area (TPSA) is 62.3 Å². The number of nitrogens with zero attached hydrogens (tertiary/aromatic N) is 2. The first-order chi connectivity index (χ1) is 9.20. The van der Waals surface area contributed by atoms with E-state index in [4.69, 9.17) is 0 Å². The molecule has 2 rings (SSSR count). The summed E-state index contributed by atoms with van der Waals surface area (Å²) in [6.45, 7) is 10.4. The van der Waals surface area contributed by atoms with E-state index in [1.165, 1.54) is 4.90 Å². The molecule has 110 valence electrons. The third kappa shape index (κ3) is 2.85. The van der Waals surface area contributed by atoms with Gasteiger partial charge in [0.05, 0.1) is 17.2 Å². The lowest BCUT2D eigenvalue weighted by Crippen LogP contribution is -2.34. The van der Waals surface area contributed by atoms with Crippen molar-refractivity contribution in [1.29, 1.82) is 0 Å². The summed E-state index contributed by atoms with van der Waals surface area (Å²) in [4.78, 5) is 29.8. The number of aromatic nitrogens is 1. The number of urea groups is 1. The van der Waals surface area contributed by atoms with Crippen molar-refractivity contribution in [2.45, 2.75) is 52.6 Å². The number of nitrogens with one attached hydrogen (secondary N) is 1. The van der Waals surface area contributed by atoms with Gasteiger partial charge in [0.15, 0.2) is 0 Å². The molecule has 0 aromatic carbocycles. The normalized spacial score (nSPS) is 19.9. The lowest BCUT2D eigenvalue weighted by molar-refractivity contribution is -0.128. The van der Waals surface area contributed by atoms with Gasteiger partial charge in [-0.3, -0.25) is 9.69 Å². The Balaban J connectivity index is 2.12. The van der Waals surface area contributed by atoms with Gasteiger partial charge in [0.2, 0.25) is 0 Å². The first-order valence-corrected chi connectivity index (χ1v) is 7.65. The van der Waals surface area contributed by atoms with Crippen molar-refractivity contribution < 1.29 is 9.59 Å². The summed E-state index contributed by atoms with van der Waals surface area (Å²) in [5.74, 6) is -0.0627.